The second-order valence-corrected chi connectivity index (χ2v) is 6.53. The molecular formula is C12H10BrNO6S. The quantitative estimate of drug-likeness (QED) is 0.706. The van der Waals surface area contributed by atoms with Crippen LogP contribution in [-0.4, -0.2) is 24.6 Å². The number of aromatic carboxylic acids is 1. The number of carbonyl (C=O) groups is 1. The Morgan fingerprint density at radius 3 is 2.52 bits per heavy atom. The largest absolute Gasteiger partial charge is 0.508 e. The van der Waals surface area contributed by atoms with Gasteiger partial charge in [-0.05, 0) is 46.6 Å². The molecule has 112 valence electrons. The Hall–Kier alpha value is -2.00. The van der Waals surface area contributed by atoms with Gasteiger partial charge in [0.05, 0.1) is 5.69 Å². The van der Waals surface area contributed by atoms with E-state index in [1.807, 2.05) is 0 Å². The van der Waals surface area contributed by atoms with Gasteiger partial charge in [-0.15, -0.1) is 0 Å². The maximum Gasteiger partial charge on any atom is 0.371 e. The molecule has 0 amide bonds. The number of hydrogen-bond donors (Lipinski definition) is 3. The molecule has 0 spiro atoms. The zero-order chi connectivity index (χ0) is 15.8. The van der Waals surface area contributed by atoms with Crippen molar-refractivity contribution in [1.29, 1.82) is 0 Å². The van der Waals surface area contributed by atoms with Crippen LogP contribution in [0.5, 0.6) is 5.75 Å². The summed E-state index contributed by atoms with van der Waals surface area (Å²) < 4.78 is 31.4. The third-order valence-corrected chi connectivity index (χ3v) is 4.83. The number of sulfonamides is 1. The summed E-state index contributed by atoms with van der Waals surface area (Å²) in [6, 6.07) is 5.03. The van der Waals surface area contributed by atoms with Crippen LogP contribution in [-0.2, 0) is 10.0 Å². The number of phenols is 1. The molecule has 9 heteroatoms. The number of carboxylic acids is 1. The predicted molar refractivity (Wildman–Crippen MR) is 77.0 cm³/mol. The van der Waals surface area contributed by atoms with E-state index in [4.69, 9.17) is 9.52 Å². The lowest BCUT2D eigenvalue weighted by molar-refractivity contribution is 0.0661. The van der Waals surface area contributed by atoms with Gasteiger partial charge in [0, 0.05) is 6.07 Å². The van der Waals surface area contributed by atoms with Crippen molar-refractivity contribution in [2.45, 2.75) is 11.8 Å². The van der Waals surface area contributed by atoms with E-state index in [-0.39, 0.29) is 21.0 Å². The molecule has 7 nitrogen and oxygen atoms in total. The minimum Gasteiger partial charge on any atom is -0.508 e. The summed E-state index contributed by atoms with van der Waals surface area (Å²) in [4.78, 5) is 10.5. The monoisotopic (exact) mass is 375 g/mol. The van der Waals surface area contributed by atoms with Crippen LogP contribution in [0.2, 0.25) is 0 Å². The normalized spacial score (nSPS) is 11.3. The molecular weight excluding hydrogens is 366 g/mol. The Kier molecular flexibility index (Phi) is 3.97. The van der Waals surface area contributed by atoms with Crippen LogP contribution in [0.25, 0.3) is 0 Å². The molecule has 3 N–H and O–H groups in total. The van der Waals surface area contributed by atoms with Crippen LogP contribution in [0, 0.1) is 6.92 Å². The van der Waals surface area contributed by atoms with Gasteiger partial charge in [-0.25, -0.2) is 13.2 Å². The Labute approximate surface area is 128 Å². The Balaban J connectivity index is 2.41. The van der Waals surface area contributed by atoms with E-state index in [1.54, 1.807) is 6.92 Å². The van der Waals surface area contributed by atoms with Crippen LogP contribution in [0.4, 0.5) is 5.69 Å². The summed E-state index contributed by atoms with van der Waals surface area (Å²) in [5.74, 6) is -1.87. The third kappa shape index (κ3) is 3.19. The Bertz CT molecular complexity index is 811. The topological polar surface area (TPSA) is 117 Å². The number of aromatic hydroxyl groups is 1. The van der Waals surface area contributed by atoms with Gasteiger partial charge in [0.15, 0.2) is 4.67 Å². The SMILES string of the molecule is Cc1cc(O)ccc1NS(=O)(=O)c1cc(C(=O)O)oc1Br. The first-order chi connectivity index (χ1) is 9.70. The number of carboxylic acid groups (broad SMARTS) is 1. The summed E-state index contributed by atoms with van der Waals surface area (Å²) >= 11 is 2.88. The molecule has 2 rings (SSSR count). The van der Waals surface area contributed by atoms with Crippen molar-refractivity contribution in [2.75, 3.05) is 4.72 Å². The highest BCUT2D eigenvalue weighted by Crippen LogP contribution is 2.29. The molecule has 0 unspecified atom stereocenters. The number of nitrogens with one attached hydrogen (secondary N) is 1. The van der Waals surface area contributed by atoms with E-state index >= 15 is 0 Å². The van der Waals surface area contributed by atoms with Gasteiger partial charge in [-0.3, -0.25) is 4.72 Å². The molecule has 0 saturated carbocycles. The van der Waals surface area contributed by atoms with Crippen molar-refractivity contribution in [2.24, 2.45) is 0 Å². The predicted octanol–water partition coefficient (Wildman–Crippen LogP) is 2.56. The molecule has 0 fully saturated rings. The van der Waals surface area contributed by atoms with Gasteiger partial charge >= 0.3 is 5.97 Å². The average molecular weight is 376 g/mol. The number of furan rings is 1. The summed E-state index contributed by atoms with van der Waals surface area (Å²) in [6.45, 7) is 1.62. The van der Waals surface area contributed by atoms with Crippen molar-refractivity contribution >= 4 is 37.6 Å². The first kappa shape index (κ1) is 15.4. The van der Waals surface area contributed by atoms with Crippen LogP contribution in [0.15, 0.2) is 38.2 Å². The minimum atomic E-state index is -4.03. The van der Waals surface area contributed by atoms with Crippen LogP contribution in [0.1, 0.15) is 16.1 Å². The van der Waals surface area contributed by atoms with Crippen molar-refractivity contribution in [3.8, 4) is 5.75 Å². The number of rotatable bonds is 4. The molecule has 0 radical (unpaired) electrons. The molecule has 2 aromatic rings. The fourth-order valence-corrected chi connectivity index (χ4v) is 3.67. The summed E-state index contributed by atoms with van der Waals surface area (Å²) in [7, 11) is -4.03. The molecule has 0 aliphatic heterocycles. The highest BCUT2D eigenvalue weighted by Gasteiger charge is 2.25. The second-order valence-electron chi connectivity index (χ2n) is 4.16. The van der Waals surface area contributed by atoms with Gasteiger partial charge in [0.2, 0.25) is 5.76 Å². The van der Waals surface area contributed by atoms with E-state index in [0.717, 1.165) is 6.07 Å². The Morgan fingerprint density at radius 2 is 2.00 bits per heavy atom. The first-order valence-electron chi connectivity index (χ1n) is 5.56. The Morgan fingerprint density at radius 1 is 1.33 bits per heavy atom. The van der Waals surface area contributed by atoms with E-state index in [1.165, 1.54) is 18.2 Å². The fourth-order valence-electron chi connectivity index (χ4n) is 1.60. The van der Waals surface area contributed by atoms with E-state index < -0.39 is 21.8 Å². The van der Waals surface area contributed by atoms with Gasteiger partial charge in [0.1, 0.15) is 10.6 Å². The standard InChI is InChI=1S/C12H10BrNO6S/c1-6-4-7(15)2-3-8(6)14-21(18,19)10-5-9(12(16)17)20-11(10)13/h2-5,14-15H,1H3,(H,16,17). The van der Waals surface area contributed by atoms with Crippen molar-refractivity contribution in [3.63, 3.8) is 0 Å². The summed E-state index contributed by atoms with van der Waals surface area (Å²) in [6.07, 6.45) is 0. The van der Waals surface area contributed by atoms with E-state index in [2.05, 4.69) is 20.7 Å². The van der Waals surface area contributed by atoms with Crippen LogP contribution < -0.4 is 4.72 Å². The fraction of sp³-hybridized carbons (Fsp3) is 0.0833. The highest BCUT2D eigenvalue weighted by molar-refractivity contribution is 9.10. The summed E-state index contributed by atoms with van der Waals surface area (Å²) in [5, 5.41) is 18.1. The molecule has 21 heavy (non-hydrogen) atoms. The lowest BCUT2D eigenvalue weighted by Gasteiger charge is -2.09. The third-order valence-electron chi connectivity index (χ3n) is 2.61. The lowest BCUT2D eigenvalue weighted by atomic mass is 10.2. The number of aryl methyl sites for hydroxylation is 1. The number of hydrogen-bond acceptors (Lipinski definition) is 5. The van der Waals surface area contributed by atoms with Crippen LogP contribution >= 0.6 is 15.9 Å². The van der Waals surface area contributed by atoms with Crippen molar-refractivity contribution in [1.82, 2.24) is 0 Å². The second kappa shape index (κ2) is 5.41. The smallest absolute Gasteiger partial charge is 0.371 e. The number of benzene rings is 1. The molecule has 1 heterocycles. The van der Waals surface area contributed by atoms with Gasteiger partial charge in [0.25, 0.3) is 10.0 Å². The number of halogens is 1. The molecule has 0 aliphatic carbocycles. The van der Waals surface area contributed by atoms with Crippen LogP contribution in [0.3, 0.4) is 0 Å². The molecule has 1 aromatic carbocycles. The van der Waals surface area contributed by atoms with Gasteiger partial charge in [-0.1, -0.05) is 0 Å². The number of phenolic OH excluding ortho intramolecular Hbond substituents is 1. The van der Waals surface area contributed by atoms with E-state index in [9.17, 15) is 18.3 Å². The van der Waals surface area contributed by atoms with Gasteiger partial charge < -0.3 is 14.6 Å². The highest BCUT2D eigenvalue weighted by atomic mass is 79.9. The lowest BCUT2D eigenvalue weighted by Crippen LogP contribution is -2.13. The van der Waals surface area contributed by atoms with Crippen molar-refractivity contribution in [3.05, 3.63) is 40.3 Å². The number of anilines is 1. The molecule has 1 aromatic heterocycles. The molecule has 0 saturated heterocycles. The molecule has 0 bridgehead atoms. The molecule has 0 aliphatic rings. The minimum absolute atomic E-state index is 0.00750. The average Bonchev–Trinajstić information content (AvgIpc) is 2.76. The molecule has 0 atom stereocenters. The van der Waals surface area contributed by atoms with E-state index in [0.29, 0.717) is 5.56 Å². The first-order valence-corrected chi connectivity index (χ1v) is 7.83. The maximum atomic E-state index is 12.2. The zero-order valence-electron chi connectivity index (χ0n) is 10.6. The maximum absolute atomic E-state index is 12.2. The van der Waals surface area contributed by atoms with Gasteiger partial charge in [-0.2, -0.15) is 0 Å². The zero-order valence-corrected chi connectivity index (χ0v) is 13.0. The van der Waals surface area contributed by atoms with Crippen molar-refractivity contribution < 1.29 is 27.8 Å². The summed E-state index contributed by atoms with van der Waals surface area (Å²) in [5.41, 5.74) is 0.773.